The summed E-state index contributed by atoms with van der Waals surface area (Å²) in [5.74, 6) is 0. The standard InChI is InChI=1S/C14H21ClN2O/c1-16-7-3-4-13(9-16)17(2)14-6-5-12(15)8-11(14)10-18/h5-6,8,13,18H,3-4,7,9-10H2,1-2H3. The predicted octanol–water partition coefficient (Wildman–Crippen LogP) is 2.36. The molecule has 0 radical (unpaired) electrons. The summed E-state index contributed by atoms with van der Waals surface area (Å²) < 4.78 is 0. The summed E-state index contributed by atoms with van der Waals surface area (Å²) in [4.78, 5) is 4.64. The van der Waals surface area contributed by atoms with Crippen LogP contribution >= 0.6 is 11.6 Å². The van der Waals surface area contributed by atoms with E-state index in [1.165, 1.54) is 19.4 Å². The Morgan fingerprint density at radius 2 is 2.28 bits per heavy atom. The number of aliphatic hydroxyl groups is 1. The van der Waals surface area contributed by atoms with E-state index >= 15 is 0 Å². The number of hydrogen-bond acceptors (Lipinski definition) is 3. The molecule has 1 aliphatic rings. The van der Waals surface area contributed by atoms with Gasteiger partial charge in [0.05, 0.1) is 6.61 Å². The Bertz CT molecular complexity index is 411. The molecule has 0 amide bonds. The molecule has 1 fully saturated rings. The number of piperidine rings is 1. The van der Waals surface area contributed by atoms with E-state index in [1.807, 2.05) is 18.2 Å². The first-order valence-corrected chi connectivity index (χ1v) is 6.80. The minimum atomic E-state index is 0.0305. The predicted molar refractivity (Wildman–Crippen MR) is 76.3 cm³/mol. The molecule has 1 aliphatic heterocycles. The molecule has 0 aliphatic carbocycles. The lowest BCUT2D eigenvalue weighted by molar-refractivity contribution is 0.246. The van der Waals surface area contributed by atoms with Crippen molar-refractivity contribution in [1.82, 2.24) is 4.90 Å². The van der Waals surface area contributed by atoms with Gasteiger partial charge in [0.2, 0.25) is 0 Å². The highest BCUT2D eigenvalue weighted by Gasteiger charge is 2.22. The van der Waals surface area contributed by atoms with Crippen LogP contribution in [0.1, 0.15) is 18.4 Å². The van der Waals surface area contributed by atoms with Gasteiger partial charge in [-0.15, -0.1) is 0 Å². The van der Waals surface area contributed by atoms with Gasteiger partial charge in [-0.2, -0.15) is 0 Å². The van der Waals surface area contributed by atoms with Crippen molar-refractivity contribution < 1.29 is 5.11 Å². The highest BCUT2D eigenvalue weighted by atomic mass is 35.5. The summed E-state index contributed by atoms with van der Waals surface area (Å²) >= 11 is 5.97. The van der Waals surface area contributed by atoms with Gasteiger partial charge in [0.15, 0.2) is 0 Å². The molecule has 3 nitrogen and oxygen atoms in total. The van der Waals surface area contributed by atoms with E-state index in [1.54, 1.807) is 0 Å². The molecule has 2 rings (SSSR count). The van der Waals surface area contributed by atoms with Crippen molar-refractivity contribution in [2.75, 3.05) is 32.1 Å². The zero-order valence-corrected chi connectivity index (χ0v) is 11.8. The lowest BCUT2D eigenvalue weighted by Crippen LogP contribution is -2.45. The summed E-state index contributed by atoms with van der Waals surface area (Å²) in [5, 5.41) is 10.1. The third-order valence-corrected chi connectivity index (χ3v) is 3.97. The molecule has 18 heavy (non-hydrogen) atoms. The average Bonchev–Trinajstić information content (AvgIpc) is 2.37. The van der Waals surface area contributed by atoms with E-state index in [0.717, 1.165) is 17.8 Å². The summed E-state index contributed by atoms with van der Waals surface area (Å²) in [7, 11) is 4.26. The van der Waals surface area contributed by atoms with E-state index < -0.39 is 0 Å². The van der Waals surface area contributed by atoms with Gasteiger partial charge in [-0.3, -0.25) is 0 Å². The van der Waals surface area contributed by atoms with Crippen molar-refractivity contribution in [2.45, 2.75) is 25.5 Å². The van der Waals surface area contributed by atoms with Crippen LogP contribution in [-0.2, 0) is 6.61 Å². The van der Waals surface area contributed by atoms with E-state index in [9.17, 15) is 5.11 Å². The molecule has 1 aromatic carbocycles. The van der Waals surface area contributed by atoms with Crippen molar-refractivity contribution in [3.05, 3.63) is 28.8 Å². The Hall–Kier alpha value is -0.770. The second-order valence-corrected chi connectivity index (χ2v) is 5.54. The fraction of sp³-hybridized carbons (Fsp3) is 0.571. The maximum atomic E-state index is 9.45. The van der Waals surface area contributed by atoms with Gasteiger partial charge in [0.1, 0.15) is 0 Å². The molecule has 1 atom stereocenters. The number of anilines is 1. The third kappa shape index (κ3) is 2.97. The second-order valence-electron chi connectivity index (χ2n) is 5.10. The van der Waals surface area contributed by atoms with Crippen molar-refractivity contribution in [3.63, 3.8) is 0 Å². The number of halogens is 1. The Balaban J connectivity index is 2.19. The van der Waals surface area contributed by atoms with Crippen molar-refractivity contribution in [1.29, 1.82) is 0 Å². The topological polar surface area (TPSA) is 26.7 Å². The third-order valence-electron chi connectivity index (χ3n) is 3.74. The maximum Gasteiger partial charge on any atom is 0.0702 e. The largest absolute Gasteiger partial charge is 0.392 e. The number of hydrogen-bond donors (Lipinski definition) is 1. The molecule has 1 unspecified atom stereocenters. The van der Waals surface area contributed by atoms with Crippen LogP contribution in [0.3, 0.4) is 0 Å². The van der Waals surface area contributed by atoms with E-state index in [-0.39, 0.29) is 6.61 Å². The molecule has 1 N–H and O–H groups in total. The van der Waals surface area contributed by atoms with E-state index in [2.05, 4.69) is 23.9 Å². The van der Waals surface area contributed by atoms with Crippen molar-refractivity contribution in [3.8, 4) is 0 Å². The first kappa shape index (κ1) is 13.7. The highest BCUT2D eigenvalue weighted by molar-refractivity contribution is 6.30. The smallest absolute Gasteiger partial charge is 0.0702 e. The molecule has 4 heteroatoms. The van der Waals surface area contributed by atoms with Gasteiger partial charge >= 0.3 is 0 Å². The zero-order chi connectivity index (χ0) is 13.1. The van der Waals surface area contributed by atoms with Crippen LogP contribution in [0, 0.1) is 0 Å². The van der Waals surface area contributed by atoms with Gasteiger partial charge in [-0.05, 0) is 44.6 Å². The van der Waals surface area contributed by atoms with Gasteiger partial charge in [-0.1, -0.05) is 11.6 Å². The minimum absolute atomic E-state index is 0.0305. The molecule has 0 saturated carbocycles. The molecular formula is C14H21ClN2O. The number of likely N-dealkylation sites (N-methyl/N-ethyl adjacent to an activating group) is 2. The SMILES string of the molecule is CN1CCCC(N(C)c2ccc(Cl)cc2CO)C1. The number of nitrogens with zero attached hydrogens (tertiary/aromatic N) is 2. The number of aliphatic hydroxyl groups excluding tert-OH is 1. The lowest BCUT2D eigenvalue weighted by Gasteiger charge is -2.37. The second kappa shape index (κ2) is 5.91. The fourth-order valence-electron chi connectivity index (χ4n) is 2.68. The molecule has 1 heterocycles. The van der Waals surface area contributed by atoms with Crippen LogP contribution in [0.25, 0.3) is 0 Å². The minimum Gasteiger partial charge on any atom is -0.392 e. The molecule has 100 valence electrons. The van der Waals surface area contributed by atoms with Gasteiger partial charge < -0.3 is 14.9 Å². The Kier molecular flexibility index (Phi) is 4.49. The van der Waals surface area contributed by atoms with Gasteiger partial charge in [-0.25, -0.2) is 0 Å². The van der Waals surface area contributed by atoms with Crippen LogP contribution < -0.4 is 4.90 Å². The molecular weight excluding hydrogens is 248 g/mol. The molecule has 0 spiro atoms. The van der Waals surface area contributed by atoms with E-state index in [0.29, 0.717) is 11.1 Å². The summed E-state index contributed by atoms with van der Waals surface area (Å²) in [6, 6.07) is 6.25. The molecule has 0 aromatic heterocycles. The molecule has 0 bridgehead atoms. The van der Waals surface area contributed by atoms with Crippen molar-refractivity contribution >= 4 is 17.3 Å². The summed E-state index contributed by atoms with van der Waals surface area (Å²) in [6.45, 7) is 2.28. The number of benzene rings is 1. The van der Waals surface area contributed by atoms with Crippen LogP contribution in [0.5, 0.6) is 0 Å². The van der Waals surface area contributed by atoms with Gasteiger partial charge in [0.25, 0.3) is 0 Å². The first-order chi connectivity index (χ1) is 8.61. The van der Waals surface area contributed by atoms with Crippen LogP contribution in [-0.4, -0.2) is 43.2 Å². The fourth-order valence-corrected chi connectivity index (χ4v) is 2.87. The molecule has 1 aromatic rings. The van der Waals surface area contributed by atoms with Crippen LogP contribution in [0.4, 0.5) is 5.69 Å². The average molecular weight is 269 g/mol. The normalized spacial score (nSPS) is 21.0. The lowest BCUT2D eigenvalue weighted by atomic mass is 10.0. The van der Waals surface area contributed by atoms with Crippen molar-refractivity contribution in [2.24, 2.45) is 0 Å². The maximum absolute atomic E-state index is 9.45. The Labute approximate surface area is 114 Å². The summed E-state index contributed by atoms with van der Waals surface area (Å²) in [5.41, 5.74) is 1.99. The van der Waals surface area contributed by atoms with Crippen LogP contribution in [0.2, 0.25) is 5.02 Å². The monoisotopic (exact) mass is 268 g/mol. The number of rotatable bonds is 3. The van der Waals surface area contributed by atoms with Crippen LogP contribution in [0.15, 0.2) is 18.2 Å². The Morgan fingerprint density at radius 1 is 1.50 bits per heavy atom. The zero-order valence-electron chi connectivity index (χ0n) is 11.1. The number of likely N-dealkylation sites (tertiary alicyclic amines) is 1. The van der Waals surface area contributed by atoms with E-state index in [4.69, 9.17) is 11.6 Å². The summed E-state index contributed by atoms with van der Waals surface area (Å²) in [6.07, 6.45) is 2.43. The van der Waals surface area contributed by atoms with Gasteiger partial charge in [0, 0.05) is 35.9 Å². The first-order valence-electron chi connectivity index (χ1n) is 6.42. The highest BCUT2D eigenvalue weighted by Crippen LogP contribution is 2.27. The Morgan fingerprint density at radius 3 is 2.94 bits per heavy atom. The quantitative estimate of drug-likeness (QED) is 0.912. The molecule has 1 saturated heterocycles.